The number of carbonyl (C=O) groups excluding carboxylic acids is 1. The summed E-state index contributed by atoms with van der Waals surface area (Å²) in [6.45, 7) is 5.86. The van der Waals surface area contributed by atoms with Gasteiger partial charge in [-0.05, 0) is 12.7 Å². The average molecular weight is 607 g/mol. The third kappa shape index (κ3) is 21.7. The normalized spacial score (nSPS) is 7.95. The summed E-state index contributed by atoms with van der Waals surface area (Å²) >= 11 is 0. The second kappa shape index (κ2) is 23.9. The molecule has 0 aliphatic carbocycles. The summed E-state index contributed by atoms with van der Waals surface area (Å²) in [6, 6.07) is 12.5. The van der Waals surface area contributed by atoms with E-state index in [1.54, 1.807) is 6.92 Å². The first-order chi connectivity index (χ1) is 8.72. The molecule has 0 bridgehead atoms. The average Bonchev–Trinajstić information content (AvgIpc) is 2.40. The van der Waals surface area contributed by atoms with E-state index in [4.69, 9.17) is 0 Å². The first kappa shape index (κ1) is 30.5. The molecular formula is C17H25OWY2-. The Labute approximate surface area is 196 Å². The van der Waals surface area contributed by atoms with Crippen molar-refractivity contribution in [2.45, 2.75) is 52.9 Å². The maximum Gasteiger partial charge on any atom is 2.00 e. The molecule has 0 aliphatic rings. The topological polar surface area (TPSA) is 17.1 Å². The van der Waals surface area contributed by atoms with E-state index in [9.17, 15) is 4.79 Å². The maximum absolute atomic E-state index is 11.1. The third-order valence-corrected chi connectivity index (χ3v) is 2.63. The van der Waals surface area contributed by atoms with E-state index in [0.29, 0.717) is 0 Å². The van der Waals surface area contributed by atoms with Crippen LogP contribution in [0.2, 0.25) is 0 Å². The Kier molecular flexibility index (Phi) is 34.8. The van der Waals surface area contributed by atoms with Crippen LogP contribution in [0.1, 0.15) is 52.9 Å². The fraction of sp³-hybridized carbons (Fsp3) is 0.471. The van der Waals surface area contributed by atoms with Gasteiger partial charge >= 0.3 is 21.1 Å². The van der Waals surface area contributed by atoms with Gasteiger partial charge in [-0.2, -0.15) is 62.6 Å². The molecule has 0 amide bonds. The number of unbranched alkanes of at least 4 members (excludes halogenated alkanes) is 2. The Hall–Kier alpha value is 1.66. The molecule has 0 atom stereocenters. The molecule has 0 fully saturated rings. The van der Waals surface area contributed by atoms with Crippen molar-refractivity contribution in [3.63, 3.8) is 0 Å². The minimum absolute atomic E-state index is 0. The number of carbonyl (C=O) groups is 1. The molecule has 0 spiro atoms. The molecular weight excluding hydrogens is 582 g/mol. The molecule has 1 aromatic carbocycles. The van der Waals surface area contributed by atoms with Crippen LogP contribution in [0.5, 0.6) is 0 Å². The van der Waals surface area contributed by atoms with Gasteiger partial charge < -0.3 is 17.1 Å². The van der Waals surface area contributed by atoms with Crippen LogP contribution >= 0.6 is 0 Å². The molecule has 0 aliphatic heterocycles. The molecule has 0 heterocycles. The number of hydrogen-bond acceptors (Lipinski definition) is 1. The Bertz CT molecular complexity index is 267. The van der Waals surface area contributed by atoms with Crippen molar-refractivity contribution in [3.05, 3.63) is 48.7 Å². The van der Waals surface area contributed by atoms with Crippen molar-refractivity contribution >= 4 is 5.78 Å². The largest absolute Gasteiger partial charge is 2.00 e. The molecule has 1 aromatic rings. The van der Waals surface area contributed by atoms with Gasteiger partial charge in [0.2, 0.25) is 0 Å². The third-order valence-electron chi connectivity index (χ3n) is 2.63. The van der Waals surface area contributed by atoms with E-state index in [0.717, 1.165) is 38.0 Å². The SMILES string of the molecule is C[CH-]CCC[C-](CCC)C(C)=O.[W+2].[Y].[Y].[c-]1ccccc1. The van der Waals surface area contributed by atoms with Crippen LogP contribution in [0.4, 0.5) is 0 Å². The number of ketones is 1. The fourth-order valence-electron chi connectivity index (χ4n) is 1.64. The first-order valence-electron chi connectivity index (χ1n) is 6.76. The van der Waals surface area contributed by atoms with Crippen LogP contribution in [-0.4, -0.2) is 5.78 Å². The van der Waals surface area contributed by atoms with E-state index in [-0.39, 0.29) is 92.3 Å². The van der Waals surface area contributed by atoms with Crippen LogP contribution in [-0.2, 0) is 91.3 Å². The van der Waals surface area contributed by atoms with Crippen molar-refractivity contribution in [1.82, 2.24) is 0 Å². The number of benzene rings is 1. The van der Waals surface area contributed by atoms with Gasteiger partial charge in [0.25, 0.3) is 0 Å². The summed E-state index contributed by atoms with van der Waals surface area (Å²) in [6.07, 6.45) is 7.48. The van der Waals surface area contributed by atoms with Gasteiger partial charge in [-0.3, -0.25) is 0 Å². The van der Waals surface area contributed by atoms with Crippen molar-refractivity contribution in [2.75, 3.05) is 0 Å². The van der Waals surface area contributed by atoms with Crippen LogP contribution in [0.3, 0.4) is 0 Å². The Morgan fingerprint density at radius 2 is 1.71 bits per heavy atom. The van der Waals surface area contributed by atoms with E-state index < -0.39 is 0 Å². The van der Waals surface area contributed by atoms with Crippen LogP contribution in [0.15, 0.2) is 30.3 Å². The fourth-order valence-corrected chi connectivity index (χ4v) is 1.64. The monoisotopic (exact) mass is 607 g/mol. The summed E-state index contributed by atoms with van der Waals surface area (Å²) in [5.41, 5.74) is 0. The Balaban J connectivity index is -0.000000138. The van der Waals surface area contributed by atoms with Gasteiger partial charge in [-0.25, -0.2) is 0 Å². The zero-order valence-electron chi connectivity index (χ0n) is 13.5. The summed E-state index contributed by atoms with van der Waals surface area (Å²) < 4.78 is 0. The molecule has 0 aromatic heterocycles. The van der Waals surface area contributed by atoms with Crippen molar-refractivity contribution in [1.29, 1.82) is 0 Å². The molecule has 4 heteroatoms. The van der Waals surface area contributed by atoms with E-state index in [2.05, 4.69) is 26.3 Å². The standard InChI is InChI=1S/C11H20O.C6H5.W.2Y/c1-4-6-7-9-11(8-5-2)10(3)12;1-2-4-6-5-3-1;;;/h4H,5-9H2,1-3H3;1-5H;;;/q-2;-1;+2;;. The second-order valence-corrected chi connectivity index (χ2v) is 4.29. The number of hydrogen-bond donors (Lipinski definition) is 0. The predicted octanol–water partition coefficient (Wildman–Crippen LogP) is 4.82. The smallest absolute Gasteiger partial charge is 0.334 e. The minimum atomic E-state index is 0. The van der Waals surface area contributed by atoms with Gasteiger partial charge in [0.05, 0.1) is 0 Å². The molecule has 1 rings (SSSR count). The van der Waals surface area contributed by atoms with Gasteiger partial charge in [0.1, 0.15) is 0 Å². The first-order valence-corrected chi connectivity index (χ1v) is 6.76. The molecule has 1 nitrogen and oxygen atoms in total. The van der Waals surface area contributed by atoms with E-state index in [1.807, 2.05) is 30.3 Å². The van der Waals surface area contributed by atoms with Gasteiger partial charge in [-0.15, -0.1) is 6.42 Å². The molecule has 0 unspecified atom stereocenters. The zero-order valence-corrected chi connectivity index (χ0v) is 22.1. The Morgan fingerprint density at radius 3 is 2.00 bits per heavy atom. The number of rotatable bonds is 7. The van der Waals surface area contributed by atoms with Gasteiger partial charge in [0, 0.05) is 65.4 Å². The number of Topliss-reactive ketones (excluding diaryl/α,β-unsaturated/α-hetero) is 1. The van der Waals surface area contributed by atoms with Gasteiger partial charge in [0.15, 0.2) is 0 Å². The van der Waals surface area contributed by atoms with Crippen molar-refractivity contribution < 1.29 is 91.3 Å². The van der Waals surface area contributed by atoms with Crippen molar-refractivity contribution in [2.24, 2.45) is 0 Å². The Morgan fingerprint density at radius 1 is 1.14 bits per heavy atom. The molecule has 0 saturated heterocycles. The summed E-state index contributed by atoms with van der Waals surface area (Å²) in [4.78, 5) is 11.1. The minimum Gasteiger partial charge on any atom is -0.334 e. The molecule has 0 N–H and O–H groups in total. The van der Waals surface area contributed by atoms with E-state index >= 15 is 0 Å². The zero-order chi connectivity index (χ0) is 13.6. The molecule has 2 radical (unpaired) electrons. The van der Waals surface area contributed by atoms with Crippen LogP contribution < -0.4 is 0 Å². The summed E-state index contributed by atoms with van der Waals surface area (Å²) in [7, 11) is 0. The molecule has 0 saturated carbocycles. The maximum atomic E-state index is 11.1. The molecule has 112 valence electrons. The van der Waals surface area contributed by atoms with Crippen LogP contribution in [0, 0.1) is 18.4 Å². The quantitative estimate of drug-likeness (QED) is 0.321. The van der Waals surface area contributed by atoms with E-state index in [1.165, 1.54) is 0 Å². The van der Waals surface area contributed by atoms with Crippen LogP contribution in [0.25, 0.3) is 0 Å². The van der Waals surface area contributed by atoms with Gasteiger partial charge in [-0.1, -0.05) is 13.3 Å². The summed E-state index contributed by atoms with van der Waals surface area (Å²) in [5, 5.41) is 0. The second-order valence-electron chi connectivity index (χ2n) is 4.29. The predicted molar refractivity (Wildman–Crippen MR) is 77.9 cm³/mol. The molecule has 21 heavy (non-hydrogen) atoms. The summed E-state index contributed by atoms with van der Waals surface area (Å²) in [5.74, 6) is 1.41. The van der Waals surface area contributed by atoms with Crippen molar-refractivity contribution in [3.8, 4) is 0 Å².